The Morgan fingerprint density at radius 1 is 1.13 bits per heavy atom. The number of pyridine rings is 1. The van der Waals surface area contributed by atoms with Crippen LogP contribution in [0, 0.1) is 0 Å². The lowest BCUT2D eigenvalue weighted by molar-refractivity contribution is 0.0844. The summed E-state index contributed by atoms with van der Waals surface area (Å²) in [5.74, 6) is -0.913. The molecule has 116 valence electrons. The molecular weight excluding hydrogens is 400 g/mol. The zero-order chi connectivity index (χ0) is 16.2. The van der Waals surface area contributed by atoms with Crippen LogP contribution in [0.1, 0.15) is 20.8 Å². The summed E-state index contributed by atoms with van der Waals surface area (Å²) in [5, 5.41) is 4.35. The van der Waals surface area contributed by atoms with Gasteiger partial charge in [0.1, 0.15) is 10.7 Å². The second kappa shape index (κ2) is 6.99. The van der Waals surface area contributed by atoms with E-state index in [0.29, 0.717) is 5.56 Å². The predicted octanol–water partition coefficient (Wildman–Crippen LogP) is 3.10. The molecule has 3 rings (SSSR count). The Morgan fingerprint density at radius 3 is 2.65 bits per heavy atom. The molecule has 0 atom stereocenters. The Balaban J connectivity index is 1.63. The number of nitrogens with one attached hydrogen (secondary N) is 2. The molecule has 0 bridgehead atoms. The number of thiophene rings is 1. The molecule has 0 saturated heterocycles. The number of aromatic nitrogens is 2. The molecule has 23 heavy (non-hydrogen) atoms. The predicted molar refractivity (Wildman–Crippen MR) is 92.3 cm³/mol. The molecule has 0 radical (unpaired) electrons. The highest BCUT2D eigenvalue weighted by atomic mass is 79.9. The summed E-state index contributed by atoms with van der Waals surface area (Å²) in [6.45, 7) is 0. The summed E-state index contributed by atoms with van der Waals surface area (Å²) >= 11 is 6.29. The Kier molecular flexibility index (Phi) is 4.79. The Bertz CT molecular complexity index is 847. The average molecular weight is 409 g/mol. The van der Waals surface area contributed by atoms with Crippen LogP contribution in [0.2, 0.25) is 0 Å². The molecule has 6 nitrogen and oxygen atoms in total. The van der Waals surface area contributed by atoms with Gasteiger partial charge in [0.25, 0.3) is 11.8 Å². The van der Waals surface area contributed by atoms with Gasteiger partial charge in [-0.25, -0.2) is 4.98 Å². The quantitative estimate of drug-likeness (QED) is 0.652. The number of halogens is 1. The number of nitrogens with zero attached hydrogens (tertiary/aromatic N) is 2. The summed E-state index contributed by atoms with van der Waals surface area (Å²) < 4.78 is 0.974. The summed E-state index contributed by atoms with van der Waals surface area (Å²) in [4.78, 5) is 32.9. The monoisotopic (exact) mass is 408 g/mol. The molecule has 0 aliphatic carbocycles. The Hall–Kier alpha value is -2.10. The van der Waals surface area contributed by atoms with Gasteiger partial charge in [0.05, 0.1) is 10.4 Å². The fraction of sp³-hybridized carbons (Fsp3) is 0. The summed E-state index contributed by atoms with van der Waals surface area (Å²) in [5.41, 5.74) is 5.28. The highest BCUT2D eigenvalue weighted by Crippen LogP contribution is 2.31. The molecule has 0 fully saturated rings. The number of carbonyl (C=O) groups excluding carboxylic acids is 2. The van der Waals surface area contributed by atoms with Crippen molar-refractivity contribution in [3.8, 4) is 9.88 Å². The van der Waals surface area contributed by atoms with Gasteiger partial charge in [-0.2, -0.15) is 0 Å². The van der Waals surface area contributed by atoms with Crippen molar-refractivity contribution in [2.45, 2.75) is 0 Å². The highest BCUT2D eigenvalue weighted by molar-refractivity contribution is 9.10. The van der Waals surface area contributed by atoms with Gasteiger partial charge < -0.3 is 0 Å². The number of hydrogen-bond acceptors (Lipinski definition) is 6. The summed E-state index contributed by atoms with van der Waals surface area (Å²) in [6.07, 6.45) is 2.98. The first-order valence-electron chi connectivity index (χ1n) is 6.34. The van der Waals surface area contributed by atoms with Crippen LogP contribution in [-0.2, 0) is 0 Å². The fourth-order valence-electron chi connectivity index (χ4n) is 1.66. The number of thiazole rings is 1. The maximum absolute atomic E-state index is 12.0. The molecule has 0 aliphatic heterocycles. The third kappa shape index (κ3) is 3.81. The van der Waals surface area contributed by atoms with Gasteiger partial charge >= 0.3 is 0 Å². The number of hydrogen-bond donors (Lipinski definition) is 2. The first-order chi connectivity index (χ1) is 11.1. The van der Waals surface area contributed by atoms with Crippen LogP contribution >= 0.6 is 38.6 Å². The molecule has 2 N–H and O–H groups in total. The van der Waals surface area contributed by atoms with Crippen molar-refractivity contribution in [1.29, 1.82) is 0 Å². The highest BCUT2D eigenvalue weighted by Gasteiger charge is 2.14. The molecule has 9 heteroatoms. The molecule has 3 aromatic heterocycles. The van der Waals surface area contributed by atoms with E-state index in [0.717, 1.165) is 14.4 Å². The minimum atomic E-state index is -0.472. The number of rotatable bonds is 3. The molecule has 0 saturated carbocycles. The average Bonchev–Trinajstić information content (AvgIpc) is 3.22. The minimum Gasteiger partial charge on any atom is -0.267 e. The molecule has 3 heterocycles. The minimum absolute atomic E-state index is 0.251. The Labute approximate surface area is 147 Å². The summed E-state index contributed by atoms with van der Waals surface area (Å²) in [7, 11) is 0. The first-order valence-corrected chi connectivity index (χ1v) is 8.89. The van der Waals surface area contributed by atoms with Crippen LogP contribution < -0.4 is 10.9 Å². The van der Waals surface area contributed by atoms with Crippen LogP contribution in [-0.4, -0.2) is 21.8 Å². The second-order valence-corrected chi connectivity index (χ2v) is 7.00. The first kappa shape index (κ1) is 15.8. The third-order valence-electron chi connectivity index (χ3n) is 2.73. The maximum Gasteiger partial charge on any atom is 0.289 e. The van der Waals surface area contributed by atoms with E-state index in [1.54, 1.807) is 23.7 Å². The molecule has 0 unspecified atom stereocenters. The van der Waals surface area contributed by atoms with Crippen LogP contribution in [0.25, 0.3) is 9.88 Å². The standard InChI is InChI=1S/C14H9BrN4O2S2/c15-9-4-11(22-6-9)14-17-10(7-23-14)13(21)19-18-12(20)8-2-1-3-16-5-8/h1-7H,(H,18,20)(H,19,21). The second-order valence-electron chi connectivity index (χ2n) is 4.32. The van der Waals surface area contributed by atoms with Crippen LogP contribution in [0.5, 0.6) is 0 Å². The van der Waals surface area contributed by atoms with Gasteiger partial charge in [0, 0.05) is 27.6 Å². The van der Waals surface area contributed by atoms with Crippen molar-refractivity contribution < 1.29 is 9.59 Å². The molecule has 0 spiro atoms. The van der Waals surface area contributed by atoms with Crippen LogP contribution in [0.4, 0.5) is 0 Å². The lowest BCUT2D eigenvalue weighted by atomic mass is 10.3. The zero-order valence-electron chi connectivity index (χ0n) is 11.4. The van der Waals surface area contributed by atoms with Crippen molar-refractivity contribution in [1.82, 2.24) is 20.8 Å². The molecule has 2 amide bonds. The van der Waals surface area contributed by atoms with Gasteiger partial charge in [-0.15, -0.1) is 22.7 Å². The fourth-order valence-corrected chi connectivity index (χ4v) is 3.97. The molecule has 0 aliphatic rings. The van der Waals surface area contributed by atoms with E-state index in [2.05, 4.69) is 36.7 Å². The van der Waals surface area contributed by atoms with E-state index in [9.17, 15) is 9.59 Å². The van der Waals surface area contributed by atoms with Crippen LogP contribution in [0.3, 0.4) is 0 Å². The van der Waals surface area contributed by atoms with E-state index in [-0.39, 0.29) is 5.69 Å². The van der Waals surface area contributed by atoms with Gasteiger partial charge in [0.2, 0.25) is 0 Å². The molecule has 0 aromatic carbocycles. The smallest absolute Gasteiger partial charge is 0.267 e. The lowest BCUT2D eigenvalue weighted by Gasteiger charge is -2.05. The lowest BCUT2D eigenvalue weighted by Crippen LogP contribution is -2.41. The zero-order valence-corrected chi connectivity index (χ0v) is 14.7. The number of carbonyl (C=O) groups is 2. The van der Waals surface area contributed by atoms with Gasteiger partial charge in [-0.1, -0.05) is 0 Å². The van der Waals surface area contributed by atoms with Crippen molar-refractivity contribution >= 4 is 50.4 Å². The van der Waals surface area contributed by atoms with E-state index in [1.807, 2.05) is 11.4 Å². The van der Waals surface area contributed by atoms with Gasteiger partial charge in [-0.05, 0) is 34.1 Å². The number of hydrazine groups is 1. The van der Waals surface area contributed by atoms with Crippen molar-refractivity contribution in [2.75, 3.05) is 0 Å². The van der Waals surface area contributed by atoms with Gasteiger partial charge in [-0.3, -0.25) is 25.4 Å². The molecular formula is C14H9BrN4O2S2. The van der Waals surface area contributed by atoms with E-state index < -0.39 is 11.8 Å². The van der Waals surface area contributed by atoms with Gasteiger partial charge in [0.15, 0.2) is 0 Å². The van der Waals surface area contributed by atoms with Crippen molar-refractivity contribution in [2.24, 2.45) is 0 Å². The third-order valence-corrected chi connectivity index (χ3v) is 5.43. The molecule has 3 aromatic rings. The van der Waals surface area contributed by atoms with E-state index in [1.165, 1.54) is 28.9 Å². The van der Waals surface area contributed by atoms with E-state index in [4.69, 9.17) is 0 Å². The largest absolute Gasteiger partial charge is 0.289 e. The maximum atomic E-state index is 12.0. The normalized spacial score (nSPS) is 10.3. The SMILES string of the molecule is O=C(NNC(=O)c1csc(-c2cc(Br)cs2)n1)c1cccnc1. The topological polar surface area (TPSA) is 84.0 Å². The van der Waals surface area contributed by atoms with Crippen molar-refractivity contribution in [3.05, 3.63) is 57.1 Å². The van der Waals surface area contributed by atoms with Crippen molar-refractivity contribution in [3.63, 3.8) is 0 Å². The summed E-state index contributed by atoms with van der Waals surface area (Å²) in [6, 6.07) is 5.18. The number of amides is 2. The van der Waals surface area contributed by atoms with Crippen LogP contribution in [0.15, 0.2) is 45.8 Å². The van der Waals surface area contributed by atoms with E-state index >= 15 is 0 Å². The Morgan fingerprint density at radius 2 is 1.96 bits per heavy atom.